The number of halogens is 1. The maximum Gasteiger partial charge on any atom is 0.221 e. The van der Waals surface area contributed by atoms with Crippen LogP contribution in [0, 0.1) is 17.2 Å². The van der Waals surface area contributed by atoms with Crippen LogP contribution in [0.25, 0.3) is 11.0 Å². The molecule has 3 heterocycles. The molecule has 3 N–H and O–H groups in total. The highest BCUT2D eigenvalue weighted by molar-refractivity contribution is 9.10. The summed E-state index contributed by atoms with van der Waals surface area (Å²) >= 11 is 3.59. The largest absolute Gasteiger partial charge is 0.444 e. The average molecular weight is 432 g/mol. The van der Waals surface area contributed by atoms with E-state index < -0.39 is 0 Å². The molecule has 1 saturated heterocycles. The Hall–Kier alpha value is -2.11. The number of hydrogen-bond acceptors (Lipinski definition) is 6. The number of amides is 1. The van der Waals surface area contributed by atoms with Crippen molar-refractivity contribution >= 4 is 38.6 Å². The van der Waals surface area contributed by atoms with Crippen molar-refractivity contribution in [1.82, 2.24) is 9.88 Å². The molecule has 2 aromatic rings. The molecule has 0 bridgehead atoms. The summed E-state index contributed by atoms with van der Waals surface area (Å²) in [5.74, 6) is 0.912. The number of nitrogens with two attached hydrogens (primary N) is 1. The van der Waals surface area contributed by atoms with Crippen LogP contribution in [0.1, 0.15) is 37.9 Å². The molecular weight excluding hydrogens is 410 g/mol. The molecule has 1 saturated carbocycles. The molecule has 142 valence electrons. The van der Waals surface area contributed by atoms with Gasteiger partial charge in [-0.2, -0.15) is 5.26 Å². The lowest BCUT2D eigenvalue weighted by atomic mass is 9.90. The second kappa shape index (κ2) is 7.49. The van der Waals surface area contributed by atoms with Crippen LogP contribution in [-0.4, -0.2) is 41.0 Å². The van der Waals surface area contributed by atoms with Crippen LogP contribution >= 0.6 is 15.9 Å². The molecular formula is C19H22BrN5O2. The number of furan rings is 1. The molecule has 1 atom stereocenters. The van der Waals surface area contributed by atoms with Gasteiger partial charge in [-0.3, -0.25) is 9.69 Å². The SMILES string of the molecule is N#Cc1cc2c(Br)c(NC3CCC(N4CC[C@H](C(N)=O)C4)CC3)ncc2o1. The van der Waals surface area contributed by atoms with Crippen LogP contribution in [0.4, 0.5) is 5.82 Å². The lowest BCUT2D eigenvalue weighted by molar-refractivity contribution is -0.121. The molecule has 27 heavy (non-hydrogen) atoms. The zero-order chi connectivity index (χ0) is 19.0. The third kappa shape index (κ3) is 3.66. The van der Waals surface area contributed by atoms with Crippen molar-refractivity contribution in [3.8, 4) is 6.07 Å². The molecule has 0 unspecified atom stereocenters. The van der Waals surface area contributed by atoms with Gasteiger partial charge in [-0.05, 0) is 54.6 Å². The molecule has 0 radical (unpaired) electrons. The number of primary amides is 1. The first kappa shape index (κ1) is 18.3. The van der Waals surface area contributed by atoms with E-state index in [4.69, 9.17) is 15.4 Å². The first-order valence-corrected chi connectivity index (χ1v) is 10.1. The summed E-state index contributed by atoms with van der Waals surface area (Å²) in [4.78, 5) is 18.3. The highest BCUT2D eigenvalue weighted by atomic mass is 79.9. The van der Waals surface area contributed by atoms with Crippen molar-refractivity contribution in [1.29, 1.82) is 5.26 Å². The van der Waals surface area contributed by atoms with Crippen molar-refractivity contribution in [2.45, 2.75) is 44.2 Å². The van der Waals surface area contributed by atoms with Crippen molar-refractivity contribution in [2.75, 3.05) is 18.4 Å². The van der Waals surface area contributed by atoms with E-state index in [-0.39, 0.29) is 17.6 Å². The number of carbonyl (C=O) groups is 1. The molecule has 2 aliphatic rings. The zero-order valence-corrected chi connectivity index (χ0v) is 16.5. The zero-order valence-electron chi connectivity index (χ0n) is 14.9. The molecule has 1 aliphatic carbocycles. The first-order chi connectivity index (χ1) is 13.0. The normalized spacial score (nSPS) is 26.1. The number of fused-ring (bicyclic) bond motifs is 1. The third-order valence-electron chi connectivity index (χ3n) is 5.80. The Morgan fingerprint density at radius 1 is 1.37 bits per heavy atom. The standard InChI is InChI=1S/C19H22BrN5O2/c20-17-15-7-14(8-21)27-16(15)9-23-19(17)24-12-1-3-13(4-2-12)25-6-5-11(10-25)18(22)26/h7,9,11-13H,1-6,10H2,(H2,22,26)(H,23,24)/t11-,12?,13?/m0/s1. The summed E-state index contributed by atoms with van der Waals surface area (Å²) < 4.78 is 6.25. The molecule has 0 spiro atoms. The van der Waals surface area contributed by atoms with Crippen LogP contribution in [0.5, 0.6) is 0 Å². The number of nitrogens with one attached hydrogen (secondary N) is 1. The monoisotopic (exact) mass is 431 g/mol. The maximum absolute atomic E-state index is 11.4. The lowest BCUT2D eigenvalue weighted by Gasteiger charge is -2.35. The van der Waals surface area contributed by atoms with Gasteiger partial charge < -0.3 is 15.5 Å². The Morgan fingerprint density at radius 3 is 2.81 bits per heavy atom. The molecule has 1 amide bonds. The summed E-state index contributed by atoms with van der Waals surface area (Å²) in [6, 6.07) is 4.65. The number of nitriles is 1. The first-order valence-electron chi connectivity index (χ1n) is 9.33. The van der Waals surface area contributed by atoms with E-state index in [1.54, 1.807) is 12.3 Å². The van der Waals surface area contributed by atoms with E-state index in [0.29, 0.717) is 17.7 Å². The van der Waals surface area contributed by atoms with Crippen molar-refractivity contribution in [2.24, 2.45) is 11.7 Å². The summed E-state index contributed by atoms with van der Waals surface area (Å²) in [5, 5.41) is 13.4. The second-order valence-corrected chi connectivity index (χ2v) is 8.25. The minimum atomic E-state index is -0.169. The topological polar surface area (TPSA) is 108 Å². The average Bonchev–Trinajstić information content (AvgIpc) is 3.32. The fourth-order valence-corrected chi connectivity index (χ4v) is 4.79. The van der Waals surface area contributed by atoms with E-state index in [9.17, 15) is 4.79 Å². The van der Waals surface area contributed by atoms with Gasteiger partial charge in [-0.1, -0.05) is 0 Å². The van der Waals surface area contributed by atoms with Gasteiger partial charge in [0.25, 0.3) is 0 Å². The van der Waals surface area contributed by atoms with E-state index in [2.05, 4.69) is 31.1 Å². The van der Waals surface area contributed by atoms with Gasteiger partial charge in [0.15, 0.2) is 5.58 Å². The Bertz CT molecular complexity index is 897. The lowest BCUT2D eigenvalue weighted by Crippen LogP contribution is -2.40. The van der Waals surface area contributed by atoms with Crippen LogP contribution < -0.4 is 11.1 Å². The minimum absolute atomic E-state index is 0.0148. The van der Waals surface area contributed by atoms with Crippen LogP contribution in [0.2, 0.25) is 0 Å². The molecule has 2 fully saturated rings. The fraction of sp³-hybridized carbons (Fsp3) is 0.526. The fourth-order valence-electron chi connectivity index (χ4n) is 4.27. The summed E-state index contributed by atoms with van der Waals surface area (Å²) in [6.45, 7) is 1.78. The number of nitrogens with zero attached hydrogens (tertiary/aromatic N) is 3. The number of anilines is 1. The summed E-state index contributed by atoms with van der Waals surface area (Å²) in [7, 11) is 0. The predicted molar refractivity (Wildman–Crippen MR) is 105 cm³/mol. The smallest absolute Gasteiger partial charge is 0.221 e. The second-order valence-electron chi connectivity index (χ2n) is 7.45. The number of rotatable bonds is 4. The summed E-state index contributed by atoms with van der Waals surface area (Å²) in [5.41, 5.74) is 6.05. The number of aromatic nitrogens is 1. The maximum atomic E-state index is 11.4. The van der Waals surface area contributed by atoms with Gasteiger partial charge in [0.2, 0.25) is 11.7 Å². The van der Waals surface area contributed by atoms with E-state index >= 15 is 0 Å². The Labute approximate surface area is 166 Å². The van der Waals surface area contributed by atoms with Crippen LogP contribution in [0.3, 0.4) is 0 Å². The van der Waals surface area contributed by atoms with Crippen LogP contribution in [-0.2, 0) is 4.79 Å². The third-order valence-corrected chi connectivity index (χ3v) is 6.60. The van der Waals surface area contributed by atoms with E-state index in [0.717, 1.165) is 60.9 Å². The van der Waals surface area contributed by atoms with Gasteiger partial charge in [0.05, 0.1) is 16.6 Å². The Morgan fingerprint density at radius 2 is 2.15 bits per heavy atom. The predicted octanol–water partition coefficient (Wildman–Crippen LogP) is 2.99. The van der Waals surface area contributed by atoms with Crippen molar-refractivity contribution in [3.05, 3.63) is 22.5 Å². The summed E-state index contributed by atoms with van der Waals surface area (Å²) in [6.07, 6.45) is 6.87. The minimum Gasteiger partial charge on any atom is -0.444 e. The molecule has 8 heteroatoms. The molecule has 4 rings (SSSR count). The highest BCUT2D eigenvalue weighted by Crippen LogP contribution is 2.34. The van der Waals surface area contributed by atoms with Crippen LogP contribution in [0.15, 0.2) is 21.2 Å². The van der Waals surface area contributed by atoms with Gasteiger partial charge >= 0.3 is 0 Å². The van der Waals surface area contributed by atoms with E-state index in [1.807, 2.05) is 6.07 Å². The van der Waals surface area contributed by atoms with E-state index in [1.165, 1.54) is 0 Å². The van der Waals surface area contributed by atoms with Gasteiger partial charge in [0, 0.05) is 30.1 Å². The van der Waals surface area contributed by atoms with Crippen molar-refractivity contribution < 1.29 is 9.21 Å². The number of likely N-dealkylation sites (tertiary alicyclic amines) is 1. The van der Waals surface area contributed by atoms with Gasteiger partial charge in [-0.15, -0.1) is 0 Å². The molecule has 2 aromatic heterocycles. The quantitative estimate of drug-likeness (QED) is 0.769. The number of hydrogen-bond donors (Lipinski definition) is 2. The molecule has 0 aromatic carbocycles. The Balaban J connectivity index is 1.37. The van der Waals surface area contributed by atoms with Gasteiger partial charge in [-0.25, -0.2) is 4.98 Å². The molecule has 1 aliphatic heterocycles. The number of pyridine rings is 1. The number of carbonyl (C=O) groups excluding carboxylic acids is 1. The Kier molecular flexibility index (Phi) is 5.06. The molecule has 7 nitrogen and oxygen atoms in total. The van der Waals surface area contributed by atoms with Crippen molar-refractivity contribution in [3.63, 3.8) is 0 Å². The highest BCUT2D eigenvalue weighted by Gasteiger charge is 2.33. The van der Waals surface area contributed by atoms with Gasteiger partial charge in [0.1, 0.15) is 11.9 Å².